The van der Waals surface area contributed by atoms with Crippen molar-refractivity contribution in [1.29, 1.82) is 0 Å². The smallest absolute Gasteiger partial charge is 0.383 e. The number of nitrogens with one attached hydrogen (secondary N) is 1. The number of rotatable bonds is 8. The number of hydrogen-bond donors (Lipinski definition) is 3. The Labute approximate surface area is 135 Å². The van der Waals surface area contributed by atoms with Gasteiger partial charge in [-0.25, -0.2) is 4.57 Å². The van der Waals surface area contributed by atoms with Gasteiger partial charge in [-0.3, -0.25) is 13.8 Å². The van der Waals surface area contributed by atoms with Crippen LogP contribution in [0.5, 0.6) is 0 Å². The lowest BCUT2D eigenvalue weighted by Gasteiger charge is -2.29. The summed E-state index contributed by atoms with van der Waals surface area (Å²) in [6, 6.07) is 0. The van der Waals surface area contributed by atoms with Gasteiger partial charge in [-0.05, 0) is 6.42 Å². The molecular weight excluding hydrogens is 309 g/mol. The first-order chi connectivity index (χ1) is 10.2. The molecule has 0 aromatic carbocycles. The van der Waals surface area contributed by atoms with E-state index in [4.69, 9.17) is 4.89 Å². The molecule has 0 aromatic rings. The third-order valence-electron chi connectivity index (χ3n) is 2.37. The van der Waals surface area contributed by atoms with Crippen LogP contribution in [0, 0.1) is 5.41 Å². The standard InChI is InChI=1S/C10H22NO6P.2C2H6/c1-5-6-11-9(13)8(12)10(2,3)7-17-18(14,15)16-4;2*1-2/h8,12H,5-7H2,1-4H3,(H,11,13)(H,14,15);2*1-2H3. The van der Waals surface area contributed by atoms with E-state index >= 15 is 0 Å². The molecule has 3 N–H and O–H groups in total. The van der Waals surface area contributed by atoms with E-state index < -0.39 is 25.2 Å². The summed E-state index contributed by atoms with van der Waals surface area (Å²) >= 11 is 0. The Morgan fingerprint density at radius 2 is 1.73 bits per heavy atom. The van der Waals surface area contributed by atoms with Gasteiger partial charge in [0.05, 0.1) is 6.61 Å². The second-order valence-corrected chi connectivity index (χ2v) is 6.17. The molecule has 22 heavy (non-hydrogen) atoms. The lowest BCUT2D eigenvalue weighted by molar-refractivity contribution is -0.136. The summed E-state index contributed by atoms with van der Waals surface area (Å²) in [6.45, 7) is 13.2. The first kappa shape index (κ1) is 26.4. The van der Waals surface area contributed by atoms with E-state index in [1.807, 2.05) is 34.6 Å². The maximum atomic E-state index is 11.6. The number of phosphoric acid groups is 1. The first-order valence-corrected chi connectivity index (χ1v) is 9.14. The van der Waals surface area contributed by atoms with Crippen molar-refractivity contribution in [2.75, 3.05) is 20.3 Å². The van der Waals surface area contributed by atoms with E-state index in [1.165, 1.54) is 0 Å². The maximum absolute atomic E-state index is 11.6. The van der Waals surface area contributed by atoms with Gasteiger partial charge in [0.25, 0.3) is 0 Å². The summed E-state index contributed by atoms with van der Waals surface area (Å²) in [5, 5.41) is 12.4. The van der Waals surface area contributed by atoms with Gasteiger partial charge < -0.3 is 15.3 Å². The van der Waals surface area contributed by atoms with Gasteiger partial charge in [0, 0.05) is 19.1 Å². The lowest BCUT2D eigenvalue weighted by atomic mass is 9.87. The molecule has 0 fully saturated rings. The van der Waals surface area contributed by atoms with Crippen molar-refractivity contribution in [1.82, 2.24) is 5.32 Å². The Balaban J connectivity index is -0.000000826. The topological polar surface area (TPSA) is 105 Å². The van der Waals surface area contributed by atoms with Gasteiger partial charge in [0.15, 0.2) is 0 Å². The number of aliphatic hydroxyl groups excluding tert-OH is 1. The van der Waals surface area contributed by atoms with E-state index in [-0.39, 0.29) is 6.61 Å². The summed E-state index contributed by atoms with van der Waals surface area (Å²) in [4.78, 5) is 20.6. The zero-order chi connectivity index (χ0) is 18.4. The fourth-order valence-corrected chi connectivity index (χ4v) is 1.68. The van der Waals surface area contributed by atoms with Crippen molar-refractivity contribution in [3.63, 3.8) is 0 Å². The van der Waals surface area contributed by atoms with Crippen LogP contribution in [0.2, 0.25) is 0 Å². The van der Waals surface area contributed by atoms with Crippen LogP contribution in [0.3, 0.4) is 0 Å². The molecular formula is C14H34NO6P. The van der Waals surface area contributed by atoms with Crippen molar-refractivity contribution in [2.45, 2.75) is 61.0 Å². The molecule has 0 aliphatic heterocycles. The molecule has 0 heterocycles. The summed E-state index contributed by atoms with van der Waals surface area (Å²) < 4.78 is 20.0. The van der Waals surface area contributed by atoms with E-state index in [9.17, 15) is 14.5 Å². The molecule has 0 radical (unpaired) electrons. The molecule has 0 saturated heterocycles. The summed E-state index contributed by atoms with van der Waals surface area (Å²) in [7, 11) is -3.06. The van der Waals surface area contributed by atoms with E-state index in [0.717, 1.165) is 13.5 Å². The van der Waals surface area contributed by atoms with E-state index in [2.05, 4.69) is 14.4 Å². The molecule has 7 nitrogen and oxygen atoms in total. The van der Waals surface area contributed by atoms with Crippen LogP contribution in [0.15, 0.2) is 0 Å². The quantitative estimate of drug-likeness (QED) is 0.585. The Kier molecular flexibility index (Phi) is 17.0. The predicted molar refractivity (Wildman–Crippen MR) is 88.6 cm³/mol. The largest absolute Gasteiger partial charge is 0.471 e. The predicted octanol–water partition coefficient (Wildman–Crippen LogP) is 2.72. The molecule has 0 rings (SSSR count). The number of amides is 1. The zero-order valence-corrected chi connectivity index (χ0v) is 16.1. The van der Waals surface area contributed by atoms with Crippen molar-refractivity contribution in [2.24, 2.45) is 5.41 Å². The van der Waals surface area contributed by atoms with Crippen molar-refractivity contribution in [3.05, 3.63) is 0 Å². The Morgan fingerprint density at radius 3 is 2.09 bits per heavy atom. The molecule has 8 heteroatoms. The summed E-state index contributed by atoms with van der Waals surface area (Å²) in [5.41, 5.74) is -1.01. The highest BCUT2D eigenvalue weighted by Gasteiger charge is 2.36. The highest BCUT2D eigenvalue weighted by atomic mass is 31.2. The molecule has 0 saturated carbocycles. The highest BCUT2D eigenvalue weighted by Crippen LogP contribution is 2.43. The fraction of sp³-hybridized carbons (Fsp3) is 0.929. The molecule has 136 valence electrons. The van der Waals surface area contributed by atoms with Crippen LogP contribution in [0.4, 0.5) is 0 Å². The Bertz CT molecular complexity index is 322. The fourth-order valence-electron chi connectivity index (χ4n) is 1.08. The van der Waals surface area contributed by atoms with Crippen LogP contribution in [-0.4, -0.2) is 42.3 Å². The van der Waals surface area contributed by atoms with Gasteiger partial charge in [-0.15, -0.1) is 0 Å². The van der Waals surface area contributed by atoms with E-state index in [1.54, 1.807) is 13.8 Å². The maximum Gasteiger partial charge on any atom is 0.471 e. The number of carbonyl (C=O) groups is 1. The van der Waals surface area contributed by atoms with Crippen LogP contribution in [0.25, 0.3) is 0 Å². The monoisotopic (exact) mass is 343 g/mol. The normalized spacial score (nSPS) is 14.5. The number of aliphatic hydroxyl groups is 1. The average Bonchev–Trinajstić information content (AvgIpc) is 2.54. The number of carbonyl (C=O) groups excluding carboxylic acids is 1. The van der Waals surface area contributed by atoms with Gasteiger partial charge >= 0.3 is 7.82 Å². The van der Waals surface area contributed by atoms with Gasteiger partial charge in [0.2, 0.25) is 5.91 Å². The average molecular weight is 343 g/mol. The number of phosphoric ester groups is 1. The molecule has 0 aliphatic rings. The molecule has 2 unspecified atom stereocenters. The first-order valence-electron chi connectivity index (χ1n) is 7.65. The Morgan fingerprint density at radius 1 is 1.27 bits per heavy atom. The van der Waals surface area contributed by atoms with Gasteiger partial charge in [-0.2, -0.15) is 0 Å². The summed E-state index contributed by atoms with van der Waals surface area (Å²) in [5.74, 6) is -0.532. The third-order valence-corrected chi connectivity index (χ3v) is 3.29. The second-order valence-electron chi connectivity index (χ2n) is 4.61. The molecule has 0 aromatic heterocycles. The lowest BCUT2D eigenvalue weighted by Crippen LogP contribution is -2.46. The minimum absolute atomic E-state index is 0.282. The SMILES string of the molecule is CC.CC.CCCNC(=O)C(O)C(C)(C)COP(=O)(O)OC. The minimum Gasteiger partial charge on any atom is -0.383 e. The molecule has 1 amide bonds. The van der Waals surface area contributed by atoms with Crippen molar-refractivity contribution >= 4 is 13.7 Å². The molecule has 0 bridgehead atoms. The van der Waals surface area contributed by atoms with Crippen LogP contribution < -0.4 is 5.32 Å². The van der Waals surface area contributed by atoms with Crippen molar-refractivity contribution < 1.29 is 28.4 Å². The molecule has 2 atom stereocenters. The van der Waals surface area contributed by atoms with Crippen LogP contribution in [0.1, 0.15) is 54.9 Å². The van der Waals surface area contributed by atoms with Gasteiger partial charge in [-0.1, -0.05) is 48.5 Å². The van der Waals surface area contributed by atoms with Crippen molar-refractivity contribution in [3.8, 4) is 0 Å². The van der Waals surface area contributed by atoms with Crippen LogP contribution >= 0.6 is 7.82 Å². The highest BCUT2D eigenvalue weighted by molar-refractivity contribution is 7.47. The molecule has 0 aliphatic carbocycles. The summed E-state index contributed by atoms with van der Waals surface area (Å²) in [6.07, 6.45) is -0.578. The Hall–Kier alpha value is -0.460. The minimum atomic E-state index is -4.10. The number of hydrogen-bond acceptors (Lipinski definition) is 5. The zero-order valence-electron chi connectivity index (χ0n) is 15.2. The van der Waals surface area contributed by atoms with E-state index in [0.29, 0.717) is 6.54 Å². The third kappa shape index (κ3) is 12.1. The molecule has 0 spiro atoms. The van der Waals surface area contributed by atoms with Gasteiger partial charge in [0.1, 0.15) is 6.10 Å². The van der Waals surface area contributed by atoms with Crippen LogP contribution in [-0.2, 0) is 18.4 Å². The second kappa shape index (κ2) is 14.2.